The van der Waals surface area contributed by atoms with Crippen molar-refractivity contribution in [3.05, 3.63) is 11.1 Å². The van der Waals surface area contributed by atoms with Crippen LogP contribution < -0.4 is 10.2 Å². The normalized spacial score (nSPS) is 25.1. The van der Waals surface area contributed by atoms with E-state index in [1.807, 2.05) is 12.0 Å². The lowest BCUT2D eigenvalue weighted by molar-refractivity contribution is -0.116. The Kier molecular flexibility index (Phi) is 5.67. The molecule has 2 atom stereocenters. The highest BCUT2D eigenvalue weighted by Gasteiger charge is 2.33. The minimum Gasteiger partial charge on any atom is -0.380 e. The van der Waals surface area contributed by atoms with Gasteiger partial charge < -0.3 is 10.1 Å². The largest absolute Gasteiger partial charge is 0.380 e. The number of hydrogen-bond acceptors (Lipinski definition) is 5. The summed E-state index contributed by atoms with van der Waals surface area (Å²) in [5, 5.41) is 6.54. The lowest BCUT2D eigenvalue weighted by Gasteiger charge is -2.24. The second-order valence-corrected chi connectivity index (χ2v) is 7.48. The van der Waals surface area contributed by atoms with Crippen molar-refractivity contribution < 1.29 is 9.53 Å². The van der Waals surface area contributed by atoms with Gasteiger partial charge in [0.1, 0.15) is 0 Å². The van der Waals surface area contributed by atoms with E-state index in [1.165, 1.54) is 19.3 Å². The van der Waals surface area contributed by atoms with E-state index in [4.69, 9.17) is 4.74 Å². The summed E-state index contributed by atoms with van der Waals surface area (Å²) in [7, 11) is 1.81. The molecule has 3 rings (SSSR count). The van der Waals surface area contributed by atoms with Gasteiger partial charge in [-0.15, -0.1) is 11.3 Å². The van der Waals surface area contributed by atoms with Crippen LogP contribution >= 0.6 is 11.3 Å². The van der Waals surface area contributed by atoms with Crippen LogP contribution in [0.3, 0.4) is 0 Å². The average molecular weight is 337 g/mol. The first kappa shape index (κ1) is 16.9. The first-order valence-electron chi connectivity index (χ1n) is 8.69. The predicted octanol–water partition coefficient (Wildman–Crippen LogP) is 3.10. The molecule has 1 amide bonds. The maximum Gasteiger partial charge on any atom is 0.225 e. The van der Waals surface area contributed by atoms with Gasteiger partial charge in [-0.1, -0.05) is 19.3 Å². The van der Waals surface area contributed by atoms with Gasteiger partial charge in [0.05, 0.1) is 11.8 Å². The molecule has 2 fully saturated rings. The molecule has 0 bridgehead atoms. The Morgan fingerprint density at radius 3 is 2.83 bits per heavy atom. The Labute approximate surface area is 142 Å². The highest BCUT2D eigenvalue weighted by atomic mass is 32.1. The van der Waals surface area contributed by atoms with Gasteiger partial charge in [-0.3, -0.25) is 9.69 Å². The van der Waals surface area contributed by atoms with Crippen molar-refractivity contribution in [2.75, 3.05) is 12.0 Å². The number of nitrogens with zero attached hydrogens (tertiary/aromatic N) is 2. The third-order valence-corrected chi connectivity index (χ3v) is 5.69. The van der Waals surface area contributed by atoms with E-state index < -0.39 is 0 Å². The Morgan fingerprint density at radius 1 is 1.35 bits per heavy atom. The molecular weight excluding hydrogens is 310 g/mol. The lowest BCUT2D eigenvalue weighted by Crippen LogP contribution is -2.39. The molecule has 2 aliphatic carbocycles. The predicted molar refractivity (Wildman–Crippen MR) is 92.8 cm³/mol. The SMILES string of the molecule is CO[C@H]1CCCCC[C@H]1NCc1csc(N(C(C)=O)C2CC2)n1. The molecule has 0 aliphatic heterocycles. The molecule has 0 aromatic carbocycles. The first-order chi connectivity index (χ1) is 11.2. The molecule has 2 saturated carbocycles. The van der Waals surface area contributed by atoms with E-state index in [0.717, 1.165) is 43.1 Å². The van der Waals surface area contributed by atoms with Gasteiger partial charge in [0, 0.05) is 38.0 Å². The molecule has 2 aliphatic rings. The van der Waals surface area contributed by atoms with Gasteiger partial charge in [-0.2, -0.15) is 0 Å². The van der Waals surface area contributed by atoms with Gasteiger partial charge in [-0.25, -0.2) is 4.98 Å². The van der Waals surface area contributed by atoms with Crippen molar-refractivity contribution in [2.24, 2.45) is 0 Å². The number of rotatable bonds is 6. The fourth-order valence-electron chi connectivity index (χ4n) is 3.39. The fourth-order valence-corrected chi connectivity index (χ4v) is 4.33. The molecule has 0 radical (unpaired) electrons. The van der Waals surface area contributed by atoms with E-state index in [-0.39, 0.29) is 5.91 Å². The molecule has 5 nitrogen and oxygen atoms in total. The maximum absolute atomic E-state index is 11.8. The van der Waals surface area contributed by atoms with Crippen LogP contribution in [-0.4, -0.2) is 36.2 Å². The van der Waals surface area contributed by atoms with Crippen molar-refractivity contribution in [1.82, 2.24) is 10.3 Å². The Hall–Kier alpha value is -0.980. The van der Waals surface area contributed by atoms with E-state index in [9.17, 15) is 4.79 Å². The maximum atomic E-state index is 11.8. The highest BCUT2D eigenvalue weighted by Crippen LogP contribution is 2.33. The number of thiazole rings is 1. The second-order valence-electron chi connectivity index (χ2n) is 6.64. The number of carbonyl (C=O) groups excluding carboxylic acids is 1. The molecule has 1 aromatic rings. The molecule has 1 heterocycles. The zero-order valence-electron chi connectivity index (χ0n) is 14.1. The minimum atomic E-state index is 0.101. The number of hydrogen-bond donors (Lipinski definition) is 1. The quantitative estimate of drug-likeness (QED) is 0.811. The van der Waals surface area contributed by atoms with Crippen molar-refractivity contribution in [2.45, 2.75) is 76.6 Å². The Balaban J connectivity index is 1.59. The molecule has 0 spiro atoms. The minimum absolute atomic E-state index is 0.101. The fraction of sp³-hybridized carbons (Fsp3) is 0.765. The lowest BCUT2D eigenvalue weighted by atomic mass is 10.1. The molecule has 128 valence electrons. The molecule has 0 unspecified atom stereocenters. The van der Waals surface area contributed by atoms with Crippen LogP contribution in [0.25, 0.3) is 0 Å². The number of amides is 1. The molecule has 1 N–H and O–H groups in total. The van der Waals surface area contributed by atoms with Crippen molar-refractivity contribution in [1.29, 1.82) is 0 Å². The second kappa shape index (κ2) is 7.73. The van der Waals surface area contributed by atoms with E-state index in [0.29, 0.717) is 18.2 Å². The molecule has 0 saturated heterocycles. The van der Waals surface area contributed by atoms with Crippen LogP contribution in [0.1, 0.15) is 57.6 Å². The van der Waals surface area contributed by atoms with Gasteiger partial charge in [0.2, 0.25) is 5.91 Å². The highest BCUT2D eigenvalue weighted by molar-refractivity contribution is 7.14. The monoisotopic (exact) mass is 337 g/mol. The first-order valence-corrected chi connectivity index (χ1v) is 9.57. The average Bonchev–Trinajstić information content (AvgIpc) is 3.29. The third-order valence-electron chi connectivity index (χ3n) is 4.80. The van der Waals surface area contributed by atoms with Gasteiger partial charge in [0.25, 0.3) is 0 Å². The van der Waals surface area contributed by atoms with Gasteiger partial charge in [-0.05, 0) is 25.7 Å². The summed E-state index contributed by atoms with van der Waals surface area (Å²) in [5.74, 6) is 0.101. The van der Waals surface area contributed by atoms with Gasteiger partial charge in [0.15, 0.2) is 5.13 Å². The number of aromatic nitrogens is 1. The van der Waals surface area contributed by atoms with Crippen LogP contribution in [-0.2, 0) is 16.1 Å². The zero-order chi connectivity index (χ0) is 16.2. The summed E-state index contributed by atoms with van der Waals surface area (Å²) in [6.07, 6.45) is 8.62. The number of carbonyl (C=O) groups is 1. The molecule has 1 aromatic heterocycles. The van der Waals surface area contributed by atoms with Crippen molar-refractivity contribution in [3.8, 4) is 0 Å². The summed E-state index contributed by atoms with van der Waals surface area (Å²) in [6, 6.07) is 0.777. The summed E-state index contributed by atoms with van der Waals surface area (Å²) in [5.41, 5.74) is 1.02. The summed E-state index contributed by atoms with van der Waals surface area (Å²) in [4.78, 5) is 18.4. The van der Waals surface area contributed by atoms with Crippen molar-refractivity contribution in [3.63, 3.8) is 0 Å². The van der Waals surface area contributed by atoms with Crippen LogP contribution in [0.2, 0.25) is 0 Å². The molecule has 6 heteroatoms. The number of ether oxygens (including phenoxy) is 1. The molecular formula is C17H27N3O2S. The Bertz CT molecular complexity index is 530. The topological polar surface area (TPSA) is 54.5 Å². The molecule has 23 heavy (non-hydrogen) atoms. The van der Waals surface area contributed by atoms with E-state index >= 15 is 0 Å². The van der Waals surface area contributed by atoms with Crippen LogP contribution in [0.15, 0.2) is 5.38 Å². The van der Waals surface area contributed by atoms with Crippen LogP contribution in [0, 0.1) is 0 Å². The van der Waals surface area contributed by atoms with E-state index in [1.54, 1.807) is 18.3 Å². The summed E-state index contributed by atoms with van der Waals surface area (Å²) >= 11 is 1.57. The number of nitrogens with one attached hydrogen (secondary N) is 1. The van der Waals surface area contributed by atoms with Crippen molar-refractivity contribution >= 4 is 22.4 Å². The van der Waals surface area contributed by atoms with E-state index in [2.05, 4.69) is 15.7 Å². The van der Waals surface area contributed by atoms with Gasteiger partial charge >= 0.3 is 0 Å². The number of methoxy groups -OCH3 is 1. The number of anilines is 1. The van der Waals surface area contributed by atoms with Crippen LogP contribution in [0.4, 0.5) is 5.13 Å². The standard InChI is InChI=1S/C17H27N3O2S/c1-12(21)20(14-8-9-14)17-19-13(11-23-17)10-18-15-6-4-3-5-7-16(15)22-2/h11,14-16,18H,3-10H2,1-2H3/t15-,16+/m1/s1. The Morgan fingerprint density at radius 2 is 2.13 bits per heavy atom. The van der Waals surface area contributed by atoms with Crippen LogP contribution in [0.5, 0.6) is 0 Å². The summed E-state index contributed by atoms with van der Waals surface area (Å²) < 4.78 is 5.65. The smallest absolute Gasteiger partial charge is 0.225 e. The summed E-state index contributed by atoms with van der Waals surface area (Å²) in [6.45, 7) is 2.38. The zero-order valence-corrected chi connectivity index (χ0v) is 14.9. The third kappa shape index (κ3) is 4.31.